The molecule has 0 spiro atoms. The summed E-state index contributed by atoms with van der Waals surface area (Å²) in [7, 11) is 0. The van der Waals surface area contributed by atoms with Crippen molar-refractivity contribution >= 4 is 17.9 Å². The van der Waals surface area contributed by atoms with Gasteiger partial charge in [0.15, 0.2) is 0 Å². The summed E-state index contributed by atoms with van der Waals surface area (Å²) in [5.41, 5.74) is -5.23. The predicted molar refractivity (Wildman–Crippen MR) is 80.0 cm³/mol. The van der Waals surface area contributed by atoms with Crippen molar-refractivity contribution < 1.29 is 34.8 Å². The zero-order valence-corrected chi connectivity index (χ0v) is 12.8. The third-order valence-electron chi connectivity index (χ3n) is 5.80. The van der Waals surface area contributed by atoms with Gasteiger partial charge in [0.1, 0.15) is 5.41 Å². The summed E-state index contributed by atoms with van der Waals surface area (Å²) >= 11 is 0. The van der Waals surface area contributed by atoms with Crippen LogP contribution >= 0.6 is 0 Å². The molecule has 2 saturated carbocycles. The molecule has 2 aliphatic carbocycles. The van der Waals surface area contributed by atoms with E-state index in [0.29, 0.717) is 19.3 Å². The van der Waals surface area contributed by atoms with E-state index < -0.39 is 46.7 Å². The summed E-state index contributed by atoms with van der Waals surface area (Å²) in [4.78, 5) is 36.2. The highest BCUT2D eigenvalue weighted by molar-refractivity contribution is 5.94. The van der Waals surface area contributed by atoms with E-state index in [9.17, 15) is 34.8 Å². The number of carbonyl (C=O) groups is 3. The van der Waals surface area contributed by atoms with Gasteiger partial charge in [-0.2, -0.15) is 0 Å². The van der Waals surface area contributed by atoms with E-state index in [2.05, 4.69) is 0 Å². The van der Waals surface area contributed by atoms with Crippen LogP contribution in [0.5, 0.6) is 0 Å². The molecule has 128 valence electrons. The summed E-state index contributed by atoms with van der Waals surface area (Å²) in [6, 6.07) is 7.23. The molecule has 3 rings (SSSR count). The molecule has 0 heterocycles. The number of aliphatic hydroxyl groups is 1. The average Bonchev–Trinajstić information content (AvgIpc) is 3.14. The lowest BCUT2D eigenvalue weighted by Crippen LogP contribution is -2.63. The Kier molecular flexibility index (Phi) is 3.64. The topological polar surface area (TPSA) is 132 Å². The molecular formula is C17H18O7. The Morgan fingerprint density at radius 1 is 1.04 bits per heavy atom. The summed E-state index contributed by atoms with van der Waals surface area (Å²) in [5, 5.41) is 40.6. The molecule has 7 heteroatoms. The maximum atomic E-state index is 12.3. The lowest BCUT2D eigenvalue weighted by molar-refractivity contribution is -0.211. The van der Waals surface area contributed by atoms with Crippen molar-refractivity contribution in [2.75, 3.05) is 0 Å². The first kappa shape index (κ1) is 16.4. The van der Waals surface area contributed by atoms with Crippen LogP contribution in [-0.2, 0) is 20.0 Å². The van der Waals surface area contributed by atoms with Gasteiger partial charge in [-0.25, -0.2) is 4.79 Å². The molecule has 1 aromatic rings. The van der Waals surface area contributed by atoms with E-state index in [4.69, 9.17) is 0 Å². The molecule has 0 radical (unpaired) electrons. The second kappa shape index (κ2) is 5.31. The molecule has 24 heavy (non-hydrogen) atoms. The Bertz CT molecular complexity index is 700. The number of fused-ring (bicyclic) bond motifs is 2. The Balaban J connectivity index is 2.32. The van der Waals surface area contributed by atoms with E-state index in [1.54, 1.807) is 6.07 Å². The van der Waals surface area contributed by atoms with Crippen LogP contribution in [0.25, 0.3) is 0 Å². The van der Waals surface area contributed by atoms with Gasteiger partial charge in [0, 0.05) is 0 Å². The maximum Gasteiger partial charge on any atom is 0.341 e. The normalized spacial score (nSPS) is 33.8. The number of hydrogen-bond acceptors (Lipinski definition) is 4. The minimum Gasteiger partial charge on any atom is -0.481 e. The second-order valence-corrected chi connectivity index (χ2v) is 6.64. The maximum absolute atomic E-state index is 12.3. The fourth-order valence-electron chi connectivity index (χ4n) is 4.96. The minimum atomic E-state index is -2.82. The third kappa shape index (κ3) is 1.78. The summed E-state index contributed by atoms with van der Waals surface area (Å²) in [6.45, 7) is 0. The van der Waals surface area contributed by atoms with Gasteiger partial charge in [-0.3, -0.25) is 9.59 Å². The highest BCUT2D eigenvalue weighted by atomic mass is 16.4. The molecule has 2 bridgehead atoms. The summed E-state index contributed by atoms with van der Waals surface area (Å²) < 4.78 is 0. The Morgan fingerprint density at radius 2 is 1.67 bits per heavy atom. The van der Waals surface area contributed by atoms with Crippen molar-refractivity contribution in [3.05, 3.63) is 35.9 Å². The van der Waals surface area contributed by atoms with Gasteiger partial charge in [-0.05, 0) is 36.7 Å². The molecule has 2 fully saturated rings. The smallest absolute Gasteiger partial charge is 0.341 e. The molecular weight excluding hydrogens is 316 g/mol. The molecule has 0 aliphatic heterocycles. The van der Waals surface area contributed by atoms with Gasteiger partial charge < -0.3 is 20.4 Å². The van der Waals surface area contributed by atoms with Crippen LogP contribution in [0.3, 0.4) is 0 Å². The SMILES string of the molecule is O=C(O)[C@H]1[C@H]2CC[C@H](C2)[C@]1(C(=O)O)C(O)(C(=O)O)c1ccccc1. The van der Waals surface area contributed by atoms with Crippen LogP contribution < -0.4 is 0 Å². The molecule has 7 nitrogen and oxygen atoms in total. The summed E-state index contributed by atoms with van der Waals surface area (Å²) in [6.07, 6.45) is 1.22. The van der Waals surface area contributed by atoms with Crippen molar-refractivity contribution in [1.29, 1.82) is 0 Å². The van der Waals surface area contributed by atoms with E-state index in [1.807, 2.05) is 0 Å². The van der Waals surface area contributed by atoms with Crippen molar-refractivity contribution in [2.45, 2.75) is 24.9 Å². The standard InChI is InChI=1S/C17H18O7/c18-13(19)12-9-6-7-11(8-9)16(12,14(20)21)17(24,15(22)23)10-4-2-1-3-5-10/h1-5,9,11-12,24H,6-8H2,(H,18,19)(H,20,21)(H,22,23)/t9-,11+,12+,16-,17?/m0/s1. The molecule has 2 aliphatic rings. The highest BCUT2D eigenvalue weighted by Gasteiger charge is 2.76. The lowest BCUT2D eigenvalue weighted by Gasteiger charge is -2.47. The van der Waals surface area contributed by atoms with E-state index >= 15 is 0 Å². The van der Waals surface area contributed by atoms with Crippen molar-refractivity contribution in [1.82, 2.24) is 0 Å². The molecule has 0 aromatic heterocycles. The van der Waals surface area contributed by atoms with Gasteiger partial charge in [0.05, 0.1) is 5.92 Å². The second-order valence-electron chi connectivity index (χ2n) is 6.64. The molecule has 0 amide bonds. The number of carboxylic acids is 3. The number of carboxylic acid groups (broad SMARTS) is 3. The van der Waals surface area contributed by atoms with E-state index in [0.717, 1.165) is 0 Å². The molecule has 4 N–H and O–H groups in total. The Hall–Kier alpha value is -2.41. The van der Waals surface area contributed by atoms with Crippen molar-refractivity contribution in [3.63, 3.8) is 0 Å². The van der Waals surface area contributed by atoms with Crippen LogP contribution in [0.2, 0.25) is 0 Å². The summed E-state index contributed by atoms with van der Waals surface area (Å²) in [5.74, 6) is -7.29. The third-order valence-corrected chi connectivity index (χ3v) is 5.80. The largest absolute Gasteiger partial charge is 0.481 e. The van der Waals surface area contributed by atoms with E-state index in [-0.39, 0.29) is 5.56 Å². The van der Waals surface area contributed by atoms with E-state index in [1.165, 1.54) is 24.3 Å². The van der Waals surface area contributed by atoms with Crippen LogP contribution in [0.15, 0.2) is 30.3 Å². The fraction of sp³-hybridized carbons (Fsp3) is 0.471. The quantitative estimate of drug-likeness (QED) is 0.635. The Morgan fingerprint density at radius 3 is 2.17 bits per heavy atom. The van der Waals surface area contributed by atoms with Crippen molar-refractivity contribution in [2.24, 2.45) is 23.2 Å². The zero-order chi connectivity index (χ0) is 17.7. The molecule has 1 unspecified atom stereocenters. The monoisotopic (exact) mass is 334 g/mol. The van der Waals surface area contributed by atoms with Gasteiger partial charge >= 0.3 is 17.9 Å². The lowest BCUT2D eigenvalue weighted by atomic mass is 9.55. The molecule has 0 saturated heterocycles. The van der Waals surface area contributed by atoms with Crippen LogP contribution in [0.1, 0.15) is 24.8 Å². The van der Waals surface area contributed by atoms with Crippen LogP contribution in [-0.4, -0.2) is 38.3 Å². The van der Waals surface area contributed by atoms with Gasteiger partial charge in [-0.1, -0.05) is 30.3 Å². The fourth-order valence-corrected chi connectivity index (χ4v) is 4.96. The van der Waals surface area contributed by atoms with Crippen LogP contribution in [0.4, 0.5) is 0 Å². The number of aliphatic carboxylic acids is 3. The molecule has 5 atom stereocenters. The van der Waals surface area contributed by atoms with Gasteiger partial charge in [0.2, 0.25) is 5.60 Å². The van der Waals surface area contributed by atoms with Gasteiger partial charge in [0.25, 0.3) is 0 Å². The van der Waals surface area contributed by atoms with Gasteiger partial charge in [-0.15, -0.1) is 0 Å². The van der Waals surface area contributed by atoms with Crippen molar-refractivity contribution in [3.8, 4) is 0 Å². The first-order valence-corrected chi connectivity index (χ1v) is 7.75. The molecule has 1 aromatic carbocycles. The Labute approximate surface area is 137 Å². The predicted octanol–water partition coefficient (Wildman–Crippen LogP) is 1.16. The average molecular weight is 334 g/mol. The van der Waals surface area contributed by atoms with Crippen LogP contribution in [0, 0.1) is 23.2 Å². The zero-order valence-electron chi connectivity index (χ0n) is 12.8. The highest BCUT2D eigenvalue weighted by Crippen LogP contribution is 2.66. The number of rotatable bonds is 5. The number of benzene rings is 1. The first-order valence-electron chi connectivity index (χ1n) is 7.75. The number of hydrogen-bond donors (Lipinski definition) is 4. The minimum absolute atomic E-state index is 0.112. The first-order chi connectivity index (χ1) is 11.3.